The van der Waals surface area contributed by atoms with E-state index in [1.165, 1.54) is 0 Å². The van der Waals surface area contributed by atoms with Crippen molar-refractivity contribution in [2.45, 2.75) is 32.4 Å². The molecule has 0 atom stereocenters. The van der Waals surface area contributed by atoms with Crippen LogP contribution in [0, 0.1) is 0 Å². The number of pyridine rings is 1. The van der Waals surface area contributed by atoms with E-state index in [1.54, 1.807) is 0 Å². The molecule has 0 fully saturated rings. The molecule has 0 aliphatic carbocycles. The van der Waals surface area contributed by atoms with Crippen LogP contribution in [0.1, 0.15) is 24.1 Å². The van der Waals surface area contributed by atoms with Crippen molar-refractivity contribution in [1.82, 2.24) is 14.9 Å². The molecule has 152 valence electrons. The lowest BCUT2D eigenvalue weighted by Crippen LogP contribution is -2.26. The Labute approximate surface area is 176 Å². The lowest BCUT2D eigenvalue weighted by atomic mass is 10.2. The summed E-state index contributed by atoms with van der Waals surface area (Å²) in [5.74, 6) is 0.543. The van der Waals surface area contributed by atoms with Crippen LogP contribution in [0.15, 0.2) is 85.2 Å². The van der Waals surface area contributed by atoms with Crippen LogP contribution in [0.2, 0.25) is 0 Å². The largest absolute Gasteiger partial charge is 0.412 e. The molecule has 0 saturated heterocycles. The minimum atomic E-state index is -0.452. The van der Waals surface area contributed by atoms with Gasteiger partial charge in [0.05, 0.1) is 0 Å². The molecule has 4 aromatic rings. The van der Waals surface area contributed by atoms with Crippen LogP contribution in [0.3, 0.4) is 0 Å². The quantitative estimate of drug-likeness (QED) is 0.407. The molecule has 5 heteroatoms. The van der Waals surface area contributed by atoms with Crippen LogP contribution in [-0.4, -0.2) is 15.6 Å². The van der Waals surface area contributed by atoms with Gasteiger partial charge in [-0.05, 0) is 61.2 Å². The summed E-state index contributed by atoms with van der Waals surface area (Å²) in [7, 11) is 0. The van der Waals surface area contributed by atoms with Gasteiger partial charge in [-0.3, -0.25) is 4.98 Å². The van der Waals surface area contributed by atoms with Gasteiger partial charge >= 0.3 is 6.09 Å². The molecule has 2 aromatic heterocycles. The van der Waals surface area contributed by atoms with Crippen molar-refractivity contribution >= 4 is 17.0 Å². The maximum atomic E-state index is 12.1. The van der Waals surface area contributed by atoms with Crippen LogP contribution in [-0.2, 0) is 19.5 Å². The molecule has 2 aromatic carbocycles. The Kier molecular flexibility index (Phi) is 6.40. The van der Waals surface area contributed by atoms with E-state index in [0.717, 1.165) is 48.0 Å². The second-order valence-corrected chi connectivity index (χ2v) is 7.24. The normalized spacial score (nSPS) is 10.8. The fourth-order valence-corrected chi connectivity index (χ4v) is 3.48. The van der Waals surface area contributed by atoms with Gasteiger partial charge in [-0.15, -0.1) is 0 Å². The molecule has 0 saturated carbocycles. The zero-order valence-electron chi connectivity index (χ0n) is 16.8. The summed E-state index contributed by atoms with van der Waals surface area (Å²) in [5, 5.41) is 3.84. The molecular weight excluding hydrogens is 374 g/mol. The maximum absolute atomic E-state index is 12.1. The number of rotatable bonds is 8. The Bertz CT molecular complexity index is 1090. The van der Waals surface area contributed by atoms with Crippen molar-refractivity contribution in [2.75, 3.05) is 0 Å². The average Bonchev–Trinajstić information content (AvgIpc) is 3.19. The Morgan fingerprint density at radius 3 is 2.67 bits per heavy atom. The summed E-state index contributed by atoms with van der Waals surface area (Å²) in [6.07, 6.45) is 6.66. The van der Waals surface area contributed by atoms with Gasteiger partial charge in [0.1, 0.15) is 5.75 Å². The average molecular weight is 399 g/mol. The van der Waals surface area contributed by atoms with Crippen molar-refractivity contribution in [3.05, 3.63) is 96.4 Å². The number of benzene rings is 2. The first-order chi connectivity index (χ1) is 14.8. The van der Waals surface area contributed by atoms with E-state index in [4.69, 9.17) is 4.74 Å². The third kappa shape index (κ3) is 5.26. The van der Waals surface area contributed by atoms with E-state index in [9.17, 15) is 4.79 Å². The van der Waals surface area contributed by atoms with Crippen molar-refractivity contribution in [3.8, 4) is 5.75 Å². The number of hydrogen-bond donors (Lipinski definition) is 1. The number of carbonyl (C=O) groups is 1. The van der Waals surface area contributed by atoms with E-state index in [0.29, 0.717) is 12.3 Å². The number of aryl methyl sites for hydroxylation is 2. The lowest BCUT2D eigenvalue weighted by molar-refractivity contribution is 0.200. The molecule has 0 radical (unpaired) electrons. The van der Waals surface area contributed by atoms with Gasteiger partial charge < -0.3 is 14.6 Å². The smallest absolute Gasteiger partial charge is 0.410 e. The first-order valence-corrected chi connectivity index (χ1v) is 10.3. The number of amides is 1. The predicted molar refractivity (Wildman–Crippen MR) is 118 cm³/mol. The zero-order chi connectivity index (χ0) is 20.6. The highest BCUT2D eigenvalue weighted by molar-refractivity contribution is 5.82. The number of fused-ring (bicyclic) bond motifs is 1. The zero-order valence-corrected chi connectivity index (χ0v) is 16.8. The van der Waals surface area contributed by atoms with Crippen molar-refractivity contribution in [2.24, 2.45) is 0 Å². The molecule has 0 unspecified atom stereocenters. The molecule has 4 rings (SSSR count). The Balaban J connectivity index is 1.29. The van der Waals surface area contributed by atoms with Crippen LogP contribution in [0.25, 0.3) is 10.9 Å². The summed E-state index contributed by atoms with van der Waals surface area (Å²) >= 11 is 0. The monoisotopic (exact) mass is 399 g/mol. The summed E-state index contributed by atoms with van der Waals surface area (Å²) in [6, 6.07) is 23.6. The number of nitrogens with one attached hydrogen (secondary N) is 1. The van der Waals surface area contributed by atoms with Gasteiger partial charge in [-0.1, -0.05) is 36.4 Å². The molecule has 0 aliphatic rings. The van der Waals surface area contributed by atoms with Gasteiger partial charge in [0.25, 0.3) is 0 Å². The molecule has 1 amide bonds. The van der Waals surface area contributed by atoms with Crippen LogP contribution >= 0.6 is 0 Å². The first kappa shape index (κ1) is 19.7. The Hall–Kier alpha value is -3.60. The van der Waals surface area contributed by atoms with Crippen molar-refractivity contribution in [1.29, 1.82) is 0 Å². The van der Waals surface area contributed by atoms with Gasteiger partial charge in [0, 0.05) is 42.1 Å². The molecule has 0 aliphatic heterocycles. The standard InChI is InChI=1S/C25H25N3O2/c29-25(27-19-20-8-2-1-3-9-20)30-23-12-13-24-21(18-23)14-17-28(24)16-7-5-11-22-10-4-6-15-26-22/h1-4,6,8-10,12-15,17-18H,5,7,11,16,19H2,(H,27,29). The Morgan fingerprint density at radius 2 is 1.83 bits per heavy atom. The number of hydrogen-bond acceptors (Lipinski definition) is 3. The highest BCUT2D eigenvalue weighted by Crippen LogP contribution is 2.23. The molecule has 2 heterocycles. The maximum Gasteiger partial charge on any atom is 0.412 e. The van der Waals surface area contributed by atoms with E-state index < -0.39 is 6.09 Å². The van der Waals surface area contributed by atoms with Crippen molar-refractivity contribution < 1.29 is 9.53 Å². The van der Waals surface area contributed by atoms with E-state index in [-0.39, 0.29) is 0 Å². The molecule has 0 spiro atoms. The highest BCUT2D eigenvalue weighted by Gasteiger charge is 2.07. The van der Waals surface area contributed by atoms with Gasteiger partial charge in [0.2, 0.25) is 0 Å². The van der Waals surface area contributed by atoms with E-state index in [1.807, 2.05) is 66.9 Å². The SMILES string of the molecule is O=C(NCc1ccccc1)Oc1ccc2c(ccn2CCCCc2ccccn2)c1. The summed E-state index contributed by atoms with van der Waals surface area (Å²) in [5.41, 5.74) is 3.32. The van der Waals surface area contributed by atoms with Gasteiger partial charge in [-0.2, -0.15) is 0 Å². The number of unbranched alkanes of at least 4 members (excludes halogenated alkanes) is 1. The third-order valence-electron chi connectivity index (χ3n) is 5.04. The highest BCUT2D eigenvalue weighted by atomic mass is 16.6. The molecule has 30 heavy (non-hydrogen) atoms. The fraction of sp³-hybridized carbons (Fsp3) is 0.200. The molecular formula is C25H25N3O2. The van der Waals surface area contributed by atoms with Crippen molar-refractivity contribution in [3.63, 3.8) is 0 Å². The number of aromatic nitrogens is 2. The van der Waals surface area contributed by atoms with Crippen LogP contribution in [0.4, 0.5) is 4.79 Å². The fourth-order valence-electron chi connectivity index (χ4n) is 3.48. The van der Waals surface area contributed by atoms with Crippen LogP contribution in [0.5, 0.6) is 5.75 Å². The summed E-state index contributed by atoms with van der Waals surface area (Å²) < 4.78 is 7.68. The third-order valence-corrected chi connectivity index (χ3v) is 5.04. The molecule has 1 N–H and O–H groups in total. The second kappa shape index (κ2) is 9.74. The predicted octanol–water partition coefficient (Wildman–Crippen LogP) is 5.35. The van der Waals surface area contributed by atoms with E-state index >= 15 is 0 Å². The number of ether oxygens (including phenoxy) is 1. The Morgan fingerprint density at radius 1 is 0.967 bits per heavy atom. The van der Waals surface area contributed by atoms with Gasteiger partial charge in [0.15, 0.2) is 0 Å². The van der Waals surface area contributed by atoms with Crippen LogP contribution < -0.4 is 10.1 Å². The first-order valence-electron chi connectivity index (χ1n) is 10.3. The number of carbonyl (C=O) groups excluding carboxylic acids is 1. The summed E-state index contributed by atoms with van der Waals surface area (Å²) in [4.78, 5) is 16.4. The lowest BCUT2D eigenvalue weighted by Gasteiger charge is -2.08. The molecule has 5 nitrogen and oxygen atoms in total. The second-order valence-electron chi connectivity index (χ2n) is 7.24. The van der Waals surface area contributed by atoms with E-state index in [2.05, 4.69) is 33.2 Å². The minimum absolute atomic E-state index is 0.441. The van der Waals surface area contributed by atoms with Gasteiger partial charge in [-0.25, -0.2) is 4.79 Å². The number of nitrogens with zero attached hydrogens (tertiary/aromatic N) is 2. The minimum Gasteiger partial charge on any atom is -0.410 e. The molecule has 0 bridgehead atoms. The summed E-state index contributed by atoms with van der Waals surface area (Å²) in [6.45, 7) is 1.39. The topological polar surface area (TPSA) is 56.1 Å².